The monoisotopic (exact) mass is 339 g/mol. The maximum absolute atomic E-state index is 13.2. The number of benzene rings is 1. The van der Waals surface area contributed by atoms with Crippen molar-refractivity contribution in [1.82, 2.24) is 5.32 Å². The second-order valence-electron chi connectivity index (χ2n) is 3.53. The van der Waals surface area contributed by atoms with Crippen LogP contribution in [0.2, 0.25) is 10.0 Å². The Balaban J connectivity index is 2.48. The number of hydrogen-bond acceptors (Lipinski definition) is 2. The maximum Gasteiger partial charge on any atom is 0.241 e. The number of hydrogen-bond donors (Lipinski definition) is 1. The Labute approximate surface area is 114 Å². The van der Waals surface area contributed by atoms with E-state index in [-0.39, 0.29) is 10.0 Å². The first-order valence-corrected chi connectivity index (χ1v) is 6.22. The summed E-state index contributed by atoms with van der Waals surface area (Å²) in [6.07, 6.45) is 0. The lowest BCUT2D eigenvalue weighted by molar-refractivity contribution is -0.125. The molecule has 7 heteroatoms. The molecule has 1 aliphatic rings. The molecule has 0 aromatic heterocycles. The maximum atomic E-state index is 13.2. The quantitative estimate of drug-likeness (QED) is 0.485. The molecule has 17 heavy (non-hydrogen) atoms. The average molecular weight is 341 g/mol. The van der Waals surface area contributed by atoms with Crippen LogP contribution in [0, 0.1) is 5.82 Å². The molecule has 1 aliphatic heterocycles. The molecule has 1 aromatic rings. The summed E-state index contributed by atoms with van der Waals surface area (Å²) in [5, 5.41) is 1.80. The molecule has 0 saturated carbocycles. The Morgan fingerprint density at radius 1 is 1.18 bits per heavy atom. The van der Waals surface area contributed by atoms with Gasteiger partial charge in [0.2, 0.25) is 11.8 Å². The van der Waals surface area contributed by atoms with Crippen LogP contribution < -0.4 is 5.32 Å². The summed E-state index contributed by atoms with van der Waals surface area (Å²) in [6, 6.07) is 2.58. The van der Waals surface area contributed by atoms with Crippen molar-refractivity contribution in [2.75, 3.05) is 0 Å². The van der Waals surface area contributed by atoms with E-state index < -0.39 is 28.4 Å². The van der Waals surface area contributed by atoms with Crippen molar-refractivity contribution >= 4 is 50.9 Å². The molecule has 2 unspecified atom stereocenters. The van der Waals surface area contributed by atoms with Gasteiger partial charge in [0.05, 0.1) is 16.0 Å². The van der Waals surface area contributed by atoms with Crippen LogP contribution in [0.25, 0.3) is 0 Å². The molecule has 1 heterocycles. The van der Waals surface area contributed by atoms with Gasteiger partial charge in [-0.25, -0.2) is 4.39 Å². The molecule has 2 rings (SSSR count). The Kier molecular flexibility index (Phi) is 3.43. The molecule has 0 bridgehead atoms. The molecule has 1 fully saturated rings. The molecule has 1 N–H and O–H groups in total. The number of rotatable bonds is 1. The summed E-state index contributed by atoms with van der Waals surface area (Å²) in [4.78, 5) is 22.1. The van der Waals surface area contributed by atoms with Crippen molar-refractivity contribution in [3.63, 3.8) is 0 Å². The second kappa shape index (κ2) is 4.55. The van der Waals surface area contributed by atoms with Gasteiger partial charge in [-0.15, -0.1) is 0 Å². The number of halogens is 4. The van der Waals surface area contributed by atoms with E-state index in [0.29, 0.717) is 5.56 Å². The minimum Gasteiger partial charge on any atom is -0.295 e. The summed E-state index contributed by atoms with van der Waals surface area (Å²) < 4.78 is 13.2. The molecule has 3 nitrogen and oxygen atoms in total. The Hall–Kier alpha value is -0.650. The number of nitrogens with one attached hydrogen (secondary N) is 1. The summed E-state index contributed by atoms with van der Waals surface area (Å²) in [5.74, 6) is -2.39. The fraction of sp³-hybridized carbons (Fsp3) is 0.200. The van der Waals surface area contributed by atoms with Gasteiger partial charge in [0.1, 0.15) is 4.83 Å². The number of alkyl halides is 1. The van der Waals surface area contributed by atoms with E-state index >= 15 is 0 Å². The van der Waals surface area contributed by atoms with Gasteiger partial charge >= 0.3 is 0 Å². The average Bonchev–Trinajstić information content (AvgIpc) is 2.49. The zero-order valence-corrected chi connectivity index (χ0v) is 11.2. The van der Waals surface area contributed by atoms with Crippen LogP contribution in [0.15, 0.2) is 12.1 Å². The van der Waals surface area contributed by atoms with Crippen molar-refractivity contribution in [2.24, 2.45) is 0 Å². The first-order chi connectivity index (χ1) is 7.91. The van der Waals surface area contributed by atoms with Crippen LogP contribution in [-0.4, -0.2) is 16.6 Å². The highest BCUT2D eigenvalue weighted by Gasteiger charge is 2.41. The lowest BCUT2D eigenvalue weighted by Crippen LogP contribution is -2.22. The zero-order valence-electron chi connectivity index (χ0n) is 8.14. The lowest BCUT2D eigenvalue weighted by atomic mass is 9.97. The molecule has 2 amide bonds. The van der Waals surface area contributed by atoms with E-state index in [4.69, 9.17) is 23.2 Å². The smallest absolute Gasteiger partial charge is 0.241 e. The first kappa shape index (κ1) is 12.8. The predicted molar refractivity (Wildman–Crippen MR) is 65.0 cm³/mol. The Bertz CT molecular complexity index is 500. The van der Waals surface area contributed by atoms with Gasteiger partial charge in [-0.1, -0.05) is 39.1 Å². The predicted octanol–water partition coefficient (Wildman–Crippen LogP) is 2.64. The minimum atomic E-state index is -0.752. The van der Waals surface area contributed by atoms with Crippen LogP contribution >= 0.6 is 39.1 Å². The molecule has 1 saturated heterocycles. The molecular formula is C10H5BrCl2FNO2. The highest BCUT2D eigenvalue weighted by molar-refractivity contribution is 9.10. The highest BCUT2D eigenvalue weighted by Crippen LogP contribution is 2.34. The SMILES string of the molecule is O=C1NC(=O)C(c2cc(Cl)c(F)c(Cl)c2)C1Br. The van der Waals surface area contributed by atoms with Crippen molar-refractivity contribution in [2.45, 2.75) is 10.7 Å². The van der Waals surface area contributed by atoms with Crippen LogP contribution in [0.1, 0.15) is 11.5 Å². The molecule has 2 atom stereocenters. The van der Waals surface area contributed by atoms with Gasteiger partial charge in [-0.3, -0.25) is 14.9 Å². The summed E-state index contributed by atoms with van der Waals surface area (Å²) in [6.45, 7) is 0. The van der Waals surface area contributed by atoms with E-state index in [9.17, 15) is 14.0 Å². The third kappa shape index (κ3) is 2.19. The van der Waals surface area contributed by atoms with Gasteiger partial charge in [0.25, 0.3) is 0 Å². The minimum absolute atomic E-state index is 0.181. The van der Waals surface area contributed by atoms with E-state index in [2.05, 4.69) is 21.2 Å². The van der Waals surface area contributed by atoms with Crippen LogP contribution in [0.4, 0.5) is 4.39 Å². The molecule has 0 radical (unpaired) electrons. The van der Waals surface area contributed by atoms with Crippen LogP contribution in [0.5, 0.6) is 0 Å². The van der Waals surface area contributed by atoms with Crippen molar-refractivity contribution in [3.05, 3.63) is 33.6 Å². The molecule has 0 spiro atoms. The lowest BCUT2D eigenvalue weighted by Gasteiger charge is -2.11. The fourth-order valence-electron chi connectivity index (χ4n) is 1.63. The first-order valence-electron chi connectivity index (χ1n) is 4.55. The number of carbonyl (C=O) groups is 2. The summed E-state index contributed by atoms with van der Waals surface area (Å²) in [7, 11) is 0. The molecule has 90 valence electrons. The molecule has 1 aromatic carbocycles. The normalized spacial score (nSPS) is 24.0. The number of carbonyl (C=O) groups excluding carboxylic acids is 2. The fourth-order valence-corrected chi connectivity index (χ4v) is 2.79. The second-order valence-corrected chi connectivity index (χ2v) is 5.33. The summed E-state index contributed by atoms with van der Waals surface area (Å²) in [5.41, 5.74) is 0.395. The van der Waals surface area contributed by atoms with Gasteiger partial charge in [-0.05, 0) is 17.7 Å². The van der Waals surface area contributed by atoms with Gasteiger partial charge in [0.15, 0.2) is 5.82 Å². The Morgan fingerprint density at radius 2 is 1.71 bits per heavy atom. The zero-order chi connectivity index (χ0) is 12.7. The van der Waals surface area contributed by atoms with Crippen LogP contribution in [0.3, 0.4) is 0 Å². The van der Waals surface area contributed by atoms with Crippen molar-refractivity contribution < 1.29 is 14.0 Å². The topological polar surface area (TPSA) is 46.2 Å². The van der Waals surface area contributed by atoms with E-state index in [1.165, 1.54) is 12.1 Å². The number of imide groups is 1. The molecular weight excluding hydrogens is 336 g/mol. The van der Waals surface area contributed by atoms with Gasteiger partial charge in [0, 0.05) is 0 Å². The van der Waals surface area contributed by atoms with Gasteiger partial charge < -0.3 is 0 Å². The van der Waals surface area contributed by atoms with Crippen molar-refractivity contribution in [3.8, 4) is 0 Å². The van der Waals surface area contributed by atoms with E-state index in [1.54, 1.807) is 0 Å². The summed E-state index contributed by atoms with van der Waals surface area (Å²) >= 11 is 14.4. The van der Waals surface area contributed by atoms with Crippen molar-refractivity contribution in [1.29, 1.82) is 0 Å². The van der Waals surface area contributed by atoms with Crippen LogP contribution in [-0.2, 0) is 9.59 Å². The van der Waals surface area contributed by atoms with Gasteiger partial charge in [-0.2, -0.15) is 0 Å². The third-order valence-corrected chi connectivity index (χ3v) is 3.93. The standard InChI is InChI=1S/C10H5BrCl2FNO2/c11-7-6(9(16)15-10(7)17)3-1-4(12)8(14)5(13)2-3/h1-2,6-7H,(H,15,16,17). The largest absolute Gasteiger partial charge is 0.295 e. The Morgan fingerprint density at radius 3 is 2.12 bits per heavy atom. The van der Waals surface area contributed by atoms with E-state index in [0.717, 1.165) is 0 Å². The molecule has 0 aliphatic carbocycles. The van der Waals surface area contributed by atoms with E-state index in [1.807, 2.05) is 0 Å². The number of amides is 2. The highest BCUT2D eigenvalue weighted by atomic mass is 79.9. The third-order valence-electron chi connectivity index (χ3n) is 2.44.